The average Bonchev–Trinajstić information content (AvgIpc) is 2.39. The number of benzene rings is 1. The topological polar surface area (TPSA) is 46.3 Å². The Labute approximate surface area is 117 Å². The lowest BCUT2D eigenvalue weighted by Crippen LogP contribution is -2.42. The van der Waals surface area contributed by atoms with E-state index in [2.05, 4.69) is 48.4 Å². The van der Waals surface area contributed by atoms with Gasteiger partial charge in [-0.3, -0.25) is 4.79 Å². The Morgan fingerprint density at radius 2 is 2.21 bits per heavy atom. The SMILES string of the molecule is CN1c2ccccc2S[C@@H]2C=CC(CC(N)=O)=C[C@H]21. The van der Waals surface area contributed by atoms with Crippen molar-refractivity contribution in [3.05, 3.63) is 48.1 Å². The number of likely N-dealkylation sites (N-methyl/N-ethyl adjacent to an activating group) is 1. The number of anilines is 1. The van der Waals surface area contributed by atoms with Crippen LogP contribution in [0.2, 0.25) is 0 Å². The smallest absolute Gasteiger partial charge is 0.221 e. The van der Waals surface area contributed by atoms with Gasteiger partial charge in [0.25, 0.3) is 0 Å². The lowest BCUT2D eigenvalue weighted by Gasteiger charge is -2.40. The molecule has 2 aliphatic rings. The Balaban J connectivity index is 1.93. The van der Waals surface area contributed by atoms with Crippen LogP contribution < -0.4 is 10.6 Å². The highest BCUT2D eigenvalue weighted by molar-refractivity contribution is 8.00. The molecule has 3 rings (SSSR count). The number of fused-ring (bicyclic) bond motifs is 2. The molecule has 3 nitrogen and oxygen atoms in total. The standard InChI is InChI=1S/C15H16N2OS/c1-17-11-4-2-3-5-13(11)19-14-7-6-10(8-12(14)17)9-15(16)18/h2-8,12,14H,9H2,1H3,(H2,16,18)/t12-,14-/m1/s1. The first-order valence-corrected chi connectivity index (χ1v) is 7.19. The highest BCUT2D eigenvalue weighted by atomic mass is 32.2. The Kier molecular flexibility index (Phi) is 3.11. The second-order valence-corrected chi connectivity index (χ2v) is 6.12. The molecular weight excluding hydrogens is 256 g/mol. The zero-order valence-corrected chi connectivity index (χ0v) is 11.6. The molecular formula is C15H16N2OS. The fourth-order valence-electron chi connectivity index (χ4n) is 2.62. The van der Waals surface area contributed by atoms with Gasteiger partial charge in [0.2, 0.25) is 5.91 Å². The van der Waals surface area contributed by atoms with Crippen LogP contribution in [-0.2, 0) is 4.79 Å². The van der Waals surface area contributed by atoms with Gasteiger partial charge in [-0.1, -0.05) is 30.4 Å². The molecule has 4 heteroatoms. The Hall–Kier alpha value is -1.68. The van der Waals surface area contributed by atoms with Gasteiger partial charge in [-0.25, -0.2) is 0 Å². The molecule has 0 saturated heterocycles. The Morgan fingerprint density at radius 3 is 3.00 bits per heavy atom. The Morgan fingerprint density at radius 1 is 1.42 bits per heavy atom. The van der Waals surface area contributed by atoms with Crippen LogP contribution in [0.4, 0.5) is 5.69 Å². The normalized spacial score (nSPS) is 24.5. The van der Waals surface area contributed by atoms with Gasteiger partial charge in [0, 0.05) is 11.9 Å². The molecule has 2 N–H and O–H groups in total. The third kappa shape index (κ3) is 2.28. The summed E-state index contributed by atoms with van der Waals surface area (Å²) in [5.74, 6) is -0.277. The fourth-order valence-corrected chi connectivity index (χ4v) is 3.96. The largest absolute Gasteiger partial charge is 0.369 e. The number of allylic oxidation sites excluding steroid dienone is 1. The molecule has 1 amide bonds. The number of nitrogens with zero attached hydrogens (tertiary/aromatic N) is 1. The van der Waals surface area contributed by atoms with E-state index in [1.807, 2.05) is 17.8 Å². The number of rotatable bonds is 2. The van der Waals surface area contributed by atoms with Crippen LogP contribution in [0.25, 0.3) is 0 Å². The molecule has 2 atom stereocenters. The number of primary amides is 1. The predicted octanol–water partition coefficient (Wildman–Crippen LogP) is 2.34. The summed E-state index contributed by atoms with van der Waals surface area (Å²) in [6, 6.07) is 8.71. The van der Waals surface area contributed by atoms with Crippen molar-refractivity contribution in [2.45, 2.75) is 22.6 Å². The quantitative estimate of drug-likeness (QED) is 0.899. The number of amides is 1. The van der Waals surface area contributed by atoms with Crippen LogP contribution >= 0.6 is 11.8 Å². The maximum absolute atomic E-state index is 11.0. The number of thioether (sulfide) groups is 1. The Bertz CT molecular complexity index is 579. The maximum Gasteiger partial charge on any atom is 0.221 e. The molecule has 0 radical (unpaired) electrons. The number of hydrogen-bond donors (Lipinski definition) is 1. The zero-order chi connectivity index (χ0) is 13.4. The molecule has 1 aliphatic carbocycles. The molecule has 1 heterocycles. The van der Waals surface area contributed by atoms with Crippen LogP contribution in [0.3, 0.4) is 0 Å². The molecule has 0 aromatic heterocycles. The summed E-state index contributed by atoms with van der Waals surface area (Å²) in [5.41, 5.74) is 7.53. The van der Waals surface area contributed by atoms with Crippen LogP contribution in [0, 0.1) is 0 Å². The summed E-state index contributed by atoms with van der Waals surface area (Å²) in [7, 11) is 2.10. The van der Waals surface area contributed by atoms with Gasteiger partial charge >= 0.3 is 0 Å². The van der Waals surface area contributed by atoms with Gasteiger partial charge in [0.05, 0.1) is 23.4 Å². The van der Waals surface area contributed by atoms with Gasteiger partial charge in [0.1, 0.15) is 0 Å². The van der Waals surface area contributed by atoms with Crippen molar-refractivity contribution in [1.82, 2.24) is 0 Å². The van der Waals surface area contributed by atoms with Crippen LogP contribution in [0.15, 0.2) is 53.0 Å². The predicted molar refractivity (Wildman–Crippen MR) is 79.3 cm³/mol. The summed E-state index contributed by atoms with van der Waals surface area (Å²) < 4.78 is 0. The van der Waals surface area contributed by atoms with Crippen molar-refractivity contribution in [2.75, 3.05) is 11.9 Å². The molecule has 0 fully saturated rings. The summed E-state index contributed by atoms with van der Waals surface area (Å²) >= 11 is 1.88. The highest BCUT2D eigenvalue weighted by Gasteiger charge is 2.31. The van der Waals surface area contributed by atoms with Crippen molar-refractivity contribution < 1.29 is 4.79 Å². The first-order valence-electron chi connectivity index (χ1n) is 6.31. The monoisotopic (exact) mass is 272 g/mol. The molecule has 0 unspecified atom stereocenters. The van der Waals surface area contributed by atoms with Crippen molar-refractivity contribution in [2.24, 2.45) is 5.73 Å². The van der Waals surface area contributed by atoms with Crippen molar-refractivity contribution in [3.8, 4) is 0 Å². The molecule has 0 bridgehead atoms. The van der Waals surface area contributed by atoms with Crippen LogP contribution in [0.5, 0.6) is 0 Å². The number of hydrogen-bond acceptors (Lipinski definition) is 3. The first kappa shape index (κ1) is 12.4. The van der Waals surface area contributed by atoms with Crippen LogP contribution in [0.1, 0.15) is 6.42 Å². The minimum absolute atomic E-state index is 0.277. The zero-order valence-electron chi connectivity index (χ0n) is 10.7. The molecule has 1 aromatic carbocycles. The van der Waals surface area contributed by atoms with Crippen LogP contribution in [-0.4, -0.2) is 24.2 Å². The van der Waals surface area contributed by atoms with Gasteiger partial charge in [-0.05, 0) is 17.7 Å². The second kappa shape index (κ2) is 4.78. The van der Waals surface area contributed by atoms with E-state index >= 15 is 0 Å². The number of carbonyl (C=O) groups is 1. The van der Waals surface area contributed by atoms with Gasteiger partial charge in [0.15, 0.2) is 0 Å². The molecule has 98 valence electrons. The second-order valence-electron chi connectivity index (χ2n) is 4.90. The lowest BCUT2D eigenvalue weighted by atomic mass is 9.98. The van der Waals surface area contributed by atoms with Gasteiger partial charge in [-0.2, -0.15) is 0 Å². The minimum atomic E-state index is -0.277. The summed E-state index contributed by atoms with van der Waals surface area (Å²) in [4.78, 5) is 14.6. The van der Waals surface area contributed by atoms with E-state index in [4.69, 9.17) is 5.73 Å². The molecule has 0 spiro atoms. The summed E-state index contributed by atoms with van der Waals surface area (Å²) in [5, 5.41) is 0.400. The van der Waals surface area contributed by atoms with Crippen molar-refractivity contribution >= 4 is 23.4 Å². The van der Waals surface area contributed by atoms with E-state index in [0.717, 1.165) is 5.57 Å². The lowest BCUT2D eigenvalue weighted by molar-refractivity contribution is -0.117. The fraction of sp³-hybridized carbons (Fsp3) is 0.267. The molecule has 1 aliphatic heterocycles. The van der Waals surface area contributed by atoms with Crippen molar-refractivity contribution in [1.29, 1.82) is 0 Å². The van der Waals surface area contributed by atoms with Gasteiger partial charge < -0.3 is 10.6 Å². The maximum atomic E-state index is 11.0. The van der Waals surface area contributed by atoms with E-state index in [1.165, 1.54) is 10.6 Å². The van der Waals surface area contributed by atoms with E-state index in [9.17, 15) is 4.79 Å². The summed E-state index contributed by atoms with van der Waals surface area (Å²) in [6.07, 6.45) is 6.69. The minimum Gasteiger partial charge on any atom is -0.369 e. The van der Waals surface area contributed by atoms with Gasteiger partial charge in [-0.15, -0.1) is 11.8 Å². The van der Waals surface area contributed by atoms with E-state index in [-0.39, 0.29) is 5.91 Å². The molecule has 0 saturated carbocycles. The van der Waals surface area contributed by atoms with E-state index < -0.39 is 0 Å². The number of nitrogens with two attached hydrogens (primary N) is 1. The average molecular weight is 272 g/mol. The number of para-hydroxylation sites is 1. The highest BCUT2D eigenvalue weighted by Crippen LogP contribution is 2.43. The van der Waals surface area contributed by atoms with E-state index in [0.29, 0.717) is 17.7 Å². The van der Waals surface area contributed by atoms with E-state index in [1.54, 1.807) is 0 Å². The first-order chi connectivity index (χ1) is 9.15. The summed E-state index contributed by atoms with van der Waals surface area (Å²) in [6.45, 7) is 0. The molecule has 19 heavy (non-hydrogen) atoms. The third-order valence-electron chi connectivity index (χ3n) is 3.56. The number of carbonyl (C=O) groups excluding carboxylic acids is 1. The third-order valence-corrected chi connectivity index (χ3v) is 4.86. The van der Waals surface area contributed by atoms with Crippen molar-refractivity contribution in [3.63, 3.8) is 0 Å². The molecule has 1 aromatic rings.